The van der Waals surface area contributed by atoms with Crippen LogP contribution in [0.15, 0.2) is 18.2 Å². The number of thioether (sulfide) groups is 1. The lowest BCUT2D eigenvalue weighted by Crippen LogP contribution is -2.44. The Hall–Kier alpha value is -1.12. The minimum Gasteiger partial charge on any atom is -0.367 e. The molecule has 1 aliphatic heterocycles. The first-order valence-electron chi connectivity index (χ1n) is 6.98. The third-order valence-electron chi connectivity index (χ3n) is 3.44. The number of nitrogens with zero attached hydrogens (tertiary/aromatic N) is 2. The fraction of sp³-hybridized carbons (Fsp3) is 0.500. The molecule has 0 saturated carbocycles. The zero-order valence-electron chi connectivity index (χ0n) is 12.5. The van der Waals surface area contributed by atoms with E-state index in [0.717, 1.165) is 31.9 Å². The zero-order chi connectivity index (χ0) is 17.0. The molecule has 1 aliphatic rings. The molecule has 0 atom stereocenters. The molecular weight excluding hydrogens is 351 g/mol. The minimum absolute atomic E-state index is 0.358. The van der Waals surface area contributed by atoms with Crippen LogP contribution in [0.2, 0.25) is 5.02 Å². The number of hydrogen-bond acceptors (Lipinski definition) is 4. The van der Waals surface area contributed by atoms with E-state index in [1.54, 1.807) is 18.2 Å². The smallest absolute Gasteiger partial charge is 0.367 e. The molecule has 1 heterocycles. The summed E-state index contributed by atoms with van der Waals surface area (Å²) in [5.74, 6) is -1.39. The Morgan fingerprint density at radius 2 is 1.96 bits per heavy atom. The Bertz CT molecular complexity index is 563. The van der Waals surface area contributed by atoms with Crippen LogP contribution in [0.25, 0.3) is 0 Å². The third-order valence-corrected chi connectivity index (χ3v) is 4.41. The molecule has 1 fully saturated rings. The van der Waals surface area contributed by atoms with Crippen LogP contribution < -0.4 is 10.2 Å². The van der Waals surface area contributed by atoms with Crippen LogP contribution in [0.4, 0.5) is 24.5 Å². The highest BCUT2D eigenvalue weighted by atomic mass is 35.5. The number of halogens is 4. The second-order valence-electron chi connectivity index (χ2n) is 5.23. The fourth-order valence-electron chi connectivity index (χ4n) is 2.27. The summed E-state index contributed by atoms with van der Waals surface area (Å²) in [6.45, 7) is 3.30. The summed E-state index contributed by atoms with van der Waals surface area (Å²) in [6.07, 6.45) is 0. The Balaban J connectivity index is 2.08. The van der Waals surface area contributed by atoms with Crippen molar-refractivity contribution in [1.82, 2.24) is 4.90 Å². The Morgan fingerprint density at radius 1 is 1.30 bits per heavy atom. The van der Waals surface area contributed by atoms with Crippen molar-refractivity contribution < 1.29 is 18.0 Å². The topological polar surface area (TPSA) is 35.6 Å². The van der Waals surface area contributed by atoms with Crippen molar-refractivity contribution in [3.05, 3.63) is 23.2 Å². The highest BCUT2D eigenvalue weighted by Crippen LogP contribution is 2.32. The van der Waals surface area contributed by atoms with Crippen molar-refractivity contribution in [2.75, 3.05) is 49.2 Å². The number of anilines is 2. The number of benzene rings is 1. The first-order chi connectivity index (χ1) is 10.7. The number of nitrogens with one attached hydrogen (secondary N) is 1. The van der Waals surface area contributed by atoms with Crippen molar-refractivity contribution >= 4 is 40.6 Å². The molecule has 0 spiro atoms. The van der Waals surface area contributed by atoms with E-state index in [1.165, 1.54) is 0 Å². The van der Waals surface area contributed by atoms with Gasteiger partial charge in [0.15, 0.2) is 0 Å². The summed E-state index contributed by atoms with van der Waals surface area (Å²) in [4.78, 5) is 16.0. The molecule has 2 rings (SSSR count). The van der Waals surface area contributed by atoms with E-state index in [-0.39, 0.29) is 11.8 Å². The van der Waals surface area contributed by atoms with E-state index in [9.17, 15) is 18.0 Å². The van der Waals surface area contributed by atoms with Gasteiger partial charge in [-0.25, -0.2) is 0 Å². The van der Waals surface area contributed by atoms with Crippen LogP contribution in [-0.4, -0.2) is 55.3 Å². The van der Waals surface area contributed by atoms with Crippen molar-refractivity contribution in [3.63, 3.8) is 0 Å². The summed E-state index contributed by atoms with van der Waals surface area (Å²) >= 11 is 5.59. The first-order valence-corrected chi connectivity index (χ1v) is 8.34. The molecule has 1 N–H and O–H groups in total. The van der Waals surface area contributed by atoms with E-state index in [4.69, 9.17) is 11.6 Å². The summed E-state index contributed by atoms with van der Waals surface area (Å²) in [5.41, 5.74) is -3.21. The van der Waals surface area contributed by atoms with Crippen LogP contribution in [-0.2, 0) is 4.79 Å². The van der Waals surface area contributed by atoms with E-state index >= 15 is 0 Å². The molecule has 9 heteroatoms. The minimum atomic E-state index is -4.42. The normalized spacial score (nSPS) is 16.5. The lowest BCUT2D eigenvalue weighted by molar-refractivity contribution is -0.114. The number of piperazine rings is 1. The second-order valence-corrected chi connectivity index (χ2v) is 6.71. The highest BCUT2D eigenvalue weighted by Gasteiger charge is 2.29. The quantitative estimate of drug-likeness (QED) is 0.886. The number of amides is 1. The van der Waals surface area contributed by atoms with Crippen molar-refractivity contribution in [2.45, 2.75) is 5.51 Å². The Labute approximate surface area is 141 Å². The number of likely N-dealkylation sites (N-methyl/N-ethyl adjacent to an activating group) is 1. The maximum atomic E-state index is 12.2. The van der Waals surface area contributed by atoms with Gasteiger partial charge in [0, 0.05) is 31.2 Å². The molecule has 0 aliphatic carbocycles. The Morgan fingerprint density at radius 3 is 2.57 bits per heavy atom. The lowest BCUT2D eigenvalue weighted by atomic mass is 10.2. The molecule has 23 heavy (non-hydrogen) atoms. The maximum absolute atomic E-state index is 12.2. The van der Waals surface area contributed by atoms with Crippen LogP contribution in [0.5, 0.6) is 0 Å². The number of hydrogen-bond donors (Lipinski definition) is 1. The molecule has 128 valence electrons. The molecule has 1 amide bonds. The SMILES string of the molecule is CN1CCN(c2ccc(Cl)cc2NC(=O)CSC(F)(F)F)CC1. The van der Waals surface area contributed by atoms with Crippen molar-refractivity contribution in [1.29, 1.82) is 0 Å². The van der Waals surface area contributed by atoms with Gasteiger partial charge in [-0.05, 0) is 37.0 Å². The highest BCUT2D eigenvalue weighted by molar-refractivity contribution is 8.00. The van der Waals surface area contributed by atoms with E-state index in [1.807, 2.05) is 7.05 Å². The number of alkyl halides is 3. The van der Waals surface area contributed by atoms with Gasteiger partial charge in [-0.3, -0.25) is 4.79 Å². The van der Waals surface area contributed by atoms with Gasteiger partial charge in [-0.15, -0.1) is 0 Å². The predicted molar refractivity (Wildman–Crippen MR) is 88.3 cm³/mol. The molecular formula is C14H17ClF3N3OS. The van der Waals surface area contributed by atoms with Crippen LogP contribution in [0.1, 0.15) is 0 Å². The van der Waals surface area contributed by atoms with Gasteiger partial charge >= 0.3 is 5.51 Å². The summed E-state index contributed by atoms with van der Waals surface area (Å²) in [5, 5.41) is 2.95. The summed E-state index contributed by atoms with van der Waals surface area (Å²) < 4.78 is 36.5. The predicted octanol–water partition coefficient (Wildman–Crippen LogP) is 3.28. The molecule has 1 saturated heterocycles. The molecule has 0 aromatic heterocycles. The monoisotopic (exact) mass is 367 g/mol. The average Bonchev–Trinajstić information content (AvgIpc) is 2.46. The molecule has 0 unspecified atom stereocenters. The molecule has 4 nitrogen and oxygen atoms in total. The van der Waals surface area contributed by atoms with Gasteiger partial charge in [0.2, 0.25) is 5.91 Å². The van der Waals surface area contributed by atoms with Crippen LogP contribution in [0.3, 0.4) is 0 Å². The summed E-state index contributed by atoms with van der Waals surface area (Å²) in [6, 6.07) is 5.04. The largest absolute Gasteiger partial charge is 0.442 e. The van der Waals surface area contributed by atoms with Crippen LogP contribution in [0, 0.1) is 0 Å². The van der Waals surface area contributed by atoms with Crippen molar-refractivity contribution in [2.24, 2.45) is 0 Å². The lowest BCUT2D eigenvalue weighted by Gasteiger charge is -2.35. The first kappa shape index (κ1) is 18.2. The standard InChI is InChI=1S/C14H17ClF3N3OS/c1-20-4-6-21(7-5-20)12-3-2-10(15)8-11(12)19-13(22)9-23-14(16,17)18/h2-3,8H,4-7,9H2,1H3,(H,19,22). The summed E-state index contributed by atoms with van der Waals surface area (Å²) in [7, 11) is 2.02. The third kappa shape index (κ3) is 5.78. The molecule has 1 aromatic rings. The van der Waals surface area contributed by atoms with Gasteiger partial charge < -0.3 is 15.1 Å². The maximum Gasteiger partial charge on any atom is 0.442 e. The van der Waals surface area contributed by atoms with Gasteiger partial charge in [0.1, 0.15) is 0 Å². The average molecular weight is 368 g/mol. The number of rotatable bonds is 4. The van der Waals surface area contributed by atoms with E-state index < -0.39 is 17.2 Å². The molecule has 0 bridgehead atoms. The number of carbonyl (C=O) groups excluding carboxylic acids is 1. The molecule has 1 aromatic carbocycles. The second kappa shape index (κ2) is 7.63. The van der Waals surface area contributed by atoms with Crippen molar-refractivity contribution in [3.8, 4) is 0 Å². The van der Waals surface area contributed by atoms with Gasteiger partial charge in [-0.1, -0.05) is 11.6 Å². The molecule has 0 radical (unpaired) electrons. The van der Waals surface area contributed by atoms with E-state index in [0.29, 0.717) is 10.7 Å². The van der Waals surface area contributed by atoms with Gasteiger partial charge in [0.05, 0.1) is 17.1 Å². The van der Waals surface area contributed by atoms with Gasteiger partial charge in [0.25, 0.3) is 0 Å². The van der Waals surface area contributed by atoms with E-state index in [2.05, 4.69) is 15.1 Å². The fourth-order valence-corrected chi connectivity index (χ4v) is 2.80. The van der Waals surface area contributed by atoms with Gasteiger partial charge in [-0.2, -0.15) is 13.2 Å². The zero-order valence-corrected chi connectivity index (χ0v) is 14.1. The van der Waals surface area contributed by atoms with Crippen LogP contribution >= 0.6 is 23.4 Å². The Kier molecular flexibility index (Phi) is 6.05. The number of carbonyl (C=O) groups is 1.